The number of hydrogen-bond acceptors (Lipinski definition) is 3. The molecule has 0 amide bonds. The highest BCUT2D eigenvalue weighted by molar-refractivity contribution is 5.85. The van der Waals surface area contributed by atoms with Crippen molar-refractivity contribution in [2.24, 2.45) is 5.92 Å². The Hall–Kier alpha value is -0.300. The number of nitrogens with zero attached hydrogens (tertiary/aromatic N) is 2. The van der Waals surface area contributed by atoms with Crippen LogP contribution in [0, 0.1) is 17.2 Å². The molecule has 0 radical (unpaired) electrons. The quantitative estimate of drug-likeness (QED) is 0.680. The second-order valence-electron chi connectivity index (χ2n) is 3.47. The standard InChI is InChI=1S/C9H16N2O.ClH/c1-8(2)9(7-10)11-3-5-12-6-4-11;/h8-9H,3-6H2,1-2H3;1H. The molecule has 13 heavy (non-hydrogen) atoms. The van der Waals surface area contributed by atoms with E-state index in [1.165, 1.54) is 0 Å². The average Bonchev–Trinajstić information content (AvgIpc) is 2.07. The van der Waals surface area contributed by atoms with E-state index in [1.807, 2.05) is 0 Å². The van der Waals surface area contributed by atoms with Gasteiger partial charge in [-0.1, -0.05) is 13.8 Å². The highest BCUT2D eigenvalue weighted by Gasteiger charge is 2.22. The fourth-order valence-electron chi connectivity index (χ4n) is 1.51. The van der Waals surface area contributed by atoms with Gasteiger partial charge in [-0.2, -0.15) is 5.26 Å². The molecule has 0 aromatic carbocycles. The molecule has 0 bridgehead atoms. The summed E-state index contributed by atoms with van der Waals surface area (Å²) >= 11 is 0. The van der Waals surface area contributed by atoms with Gasteiger partial charge in [0, 0.05) is 13.1 Å². The first-order chi connectivity index (χ1) is 5.75. The predicted molar refractivity (Wildman–Crippen MR) is 53.9 cm³/mol. The van der Waals surface area contributed by atoms with Crippen LogP contribution in [0.15, 0.2) is 0 Å². The average molecular weight is 205 g/mol. The molecule has 1 rings (SSSR count). The van der Waals surface area contributed by atoms with Gasteiger partial charge in [0.05, 0.1) is 19.3 Å². The van der Waals surface area contributed by atoms with Crippen molar-refractivity contribution in [3.63, 3.8) is 0 Å². The Morgan fingerprint density at radius 1 is 1.31 bits per heavy atom. The van der Waals surface area contributed by atoms with E-state index >= 15 is 0 Å². The van der Waals surface area contributed by atoms with Crippen LogP contribution in [-0.4, -0.2) is 37.2 Å². The SMILES string of the molecule is CC(C)C(C#N)N1CCOCC1.Cl. The third kappa shape index (κ3) is 3.51. The van der Waals surface area contributed by atoms with E-state index in [2.05, 4.69) is 24.8 Å². The monoisotopic (exact) mass is 204 g/mol. The van der Waals surface area contributed by atoms with Crippen molar-refractivity contribution in [2.45, 2.75) is 19.9 Å². The van der Waals surface area contributed by atoms with Crippen LogP contribution < -0.4 is 0 Å². The molecule has 0 aromatic heterocycles. The van der Waals surface area contributed by atoms with E-state index in [0.29, 0.717) is 5.92 Å². The van der Waals surface area contributed by atoms with Crippen LogP contribution in [0.3, 0.4) is 0 Å². The molecule has 3 nitrogen and oxygen atoms in total. The zero-order valence-corrected chi connectivity index (χ0v) is 9.01. The van der Waals surface area contributed by atoms with Crippen molar-refractivity contribution < 1.29 is 4.74 Å². The fourth-order valence-corrected chi connectivity index (χ4v) is 1.51. The van der Waals surface area contributed by atoms with Gasteiger partial charge in [0.15, 0.2) is 0 Å². The third-order valence-corrected chi connectivity index (χ3v) is 2.20. The molecular weight excluding hydrogens is 188 g/mol. The Morgan fingerprint density at radius 3 is 2.23 bits per heavy atom. The van der Waals surface area contributed by atoms with Gasteiger partial charge in [0.2, 0.25) is 0 Å². The van der Waals surface area contributed by atoms with Gasteiger partial charge in [-0.3, -0.25) is 4.90 Å². The van der Waals surface area contributed by atoms with Crippen LogP contribution in [0.1, 0.15) is 13.8 Å². The van der Waals surface area contributed by atoms with Gasteiger partial charge < -0.3 is 4.74 Å². The largest absolute Gasteiger partial charge is 0.379 e. The molecule has 76 valence electrons. The smallest absolute Gasteiger partial charge is 0.100 e. The van der Waals surface area contributed by atoms with Gasteiger partial charge in [-0.25, -0.2) is 0 Å². The van der Waals surface area contributed by atoms with E-state index in [-0.39, 0.29) is 18.4 Å². The lowest BCUT2D eigenvalue weighted by Crippen LogP contribution is -2.45. The summed E-state index contributed by atoms with van der Waals surface area (Å²) in [6, 6.07) is 2.41. The Labute approximate surface area is 86.1 Å². The van der Waals surface area contributed by atoms with Crippen LogP contribution in [0.25, 0.3) is 0 Å². The number of morpholine rings is 1. The molecule has 1 atom stereocenters. The van der Waals surface area contributed by atoms with Gasteiger partial charge in [0.25, 0.3) is 0 Å². The first-order valence-corrected chi connectivity index (χ1v) is 4.47. The maximum absolute atomic E-state index is 8.92. The van der Waals surface area contributed by atoms with Crippen LogP contribution >= 0.6 is 12.4 Å². The normalized spacial score (nSPS) is 20.5. The summed E-state index contributed by atoms with van der Waals surface area (Å²) in [7, 11) is 0. The maximum Gasteiger partial charge on any atom is 0.100 e. The second-order valence-corrected chi connectivity index (χ2v) is 3.47. The molecule has 0 spiro atoms. The van der Waals surface area contributed by atoms with Gasteiger partial charge >= 0.3 is 0 Å². The first kappa shape index (κ1) is 12.7. The number of rotatable bonds is 2. The summed E-state index contributed by atoms with van der Waals surface area (Å²) in [5.74, 6) is 0.410. The molecule has 1 fully saturated rings. The van der Waals surface area contributed by atoms with Crippen molar-refractivity contribution >= 4 is 12.4 Å². The number of hydrogen-bond donors (Lipinski definition) is 0. The minimum Gasteiger partial charge on any atom is -0.379 e. The highest BCUT2D eigenvalue weighted by Crippen LogP contribution is 2.11. The van der Waals surface area contributed by atoms with Gasteiger partial charge in [0.1, 0.15) is 6.04 Å². The van der Waals surface area contributed by atoms with Crippen LogP contribution in [0.4, 0.5) is 0 Å². The molecule has 1 unspecified atom stereocenters. The summed E-state index contributed by atoms with van der Waals surface area (Å²) < 4.78 is 5.22. The number of ether oxygens (including phenoxy) is 1. The highest BCUT2D eigenvalue weighted by atomic mass is 35.5. The third-order valence-electron chi connectivity index (χ3n) is 2.20. The number of halogens is 1. The van der Waals surface area contributed by atoms with E-state index in [1.54, 1.807) is 0 Å². The molecular formula is C9H17ClN2O. The Morgan fingerprint density at radius 2 is 1.85 bits per heavy atom. The predicted octanol–water partition coefficient (Wildman–Crippen LogP) is 1.29. The van der Waals surface area contributed by atoms with Crippen molar-refractivity contribution in [1.29, 1.82) is 5.26 Å². The molecule has 1 aliphatic heterocycles. The van der Waals surface area contributed by atoms with Gasteiger partial charge in [-0.05, 0) is 5.92 Å². The molecule has 0 aromatic rings. The molecule has 1 heterocycles. The Balaban J connectivity index is 0.00000144. The topological polar surface area (TPSA) is 36.3 Å². The molecule has 0 saturated carbocycles. The minimum absolute atomic E-state index is 0. The Bertz CT molecular complexity index is 173. The maximum atomic E-state index is 8.92. The molecule has 1 aliphatic rings. The fraction of sp³-hybridized carbons (Fsp3) is 0.889. The summed E-state index contributed by atoms with van der Waals surface area (Å²) in [5.41, 5.74) is 0. The van der Waals surface area contributed by atoms with Gasteiger partial charge in [-0.15, -0.1) is 12.4 Å². The van der Waals surface area contributed by atoms with Crippen molar-refractivity contribution in [3.05, 3.63) is 0 Å². The second kappa shape index (κ2) is 6.20. The number of nitriles is 1. The molecule has 0 aliphatic carbocycles. The zero-order chi connectivity index (χ0) is 8.97. The summed E-state index contributed by atoms with van der Waals surface area (Å²) in [6.45, 7) is 7.51. The lowest BCUT2D eigenvalue weighted by Gasteiger charge is -2.32. The Kier molecular flexibility index (Phi) is 6.06. The van der Waals surface area contributed by atoms with E-state index in [4.69, 9.17) is 10.00 Å². The van der Waals surface area contributed by atoms with Crippen molar-refractivity contribution in [3.8, 4) is 6.07 Å². The summed E-state index contributed by atoms with van der Waals surface area (Å²) in [4.78, 5) is 2.20. The van der Waals surface area contributed by atoms with Crippen LogP contribution in [0.5, 0.6) is 0 Å². The summed E-state index contributed by atoms with van der Waals surface area (Å²) in [5, 5.41) is 8.92. The van der Waals surface area contributed by atoms with Crippen molar-refractivity contribution in [2.75, 3.05) is 26.3 Å². The van der Waals surface area contributed by atoms with E-state index < -0.39 is 0 Å². The molecule has 1 saturated heterocycles. The zero-order valence-electron chi connectivity index (χ0n) is 8.19. The lowest BCUT2D eigenvalue weighted by molar-refractivity contribution is 0.0190. The molecule has 0 N–H and O–H groups in total. The van der Waals surface area contributed by atoms with Crippen molar-refractivity contribution in [1.82, 2.24) is 4.90 Å². The minimum atomic E-state index is 0. The summed E-state index contributed by atoms with van der Waals surface area (Å²) in [6.07, 6.45) is 0. The van der Waals surface area contributed by atoms with E-state index in [0.717, 1.165) is 26.3 Å². The molecule has 4 heteroatoms. The van der Waals surface area contributed by atoms with E-state index in [9.17, 15) is 0 Å². The van der Waals surface area contributed by atoms with Crippen LogP contribution in [-0.2, 0) is 4.74 Å². The van der Waals surface area contributed by atoms with Crippen LogP contribution in [0.2, 0.25) is 0 Å². The lowest BCUT2D eigenvalue weighted by atomic mass is 10.0. The first-order valence-electron chi connectivity index (χ1n) is 4.47.